The van der Waals surface area contributed by atoms with Gasteiger partial charge in [0, 0.05) is 16.7 Å². The van der Waals surface area contributed by atoms with Crippen molar-refractivity contribution in [3.8, 4) is 29.1 Å². The number of phenolic OH excluding ortho intramolecular Hbond substituents is 1. The number of hydrogen-bond acceptors (Lipinski definition) is 6. The molecule has 0 radical (unpaired) electrons. The number of hydrogen-bond donors (Lipinski definition) is 2. The number of rotatable bonds is 0. The van der Waals surface area contributed by atoms with Crippen LogP contribution in [0.2, 0.25) is 0 Å². The first-order valence-corrected chi connectivity index (χ1v) is 9.27. The SMILES string of the molecule is CC1(C#Cc2cc(F)c3c(c2)[C@]2(COCC(N)=N2)c2cc(O)ccc2O3)COC1. The average Bonchev–Trinajstić information content (AvgIpc) is 2.67. The summed E-state index contributed by atoms with van der Waals surface area (Å²) in [4.78, 5) is 4.66. The lowest BCUT2D eigenvalue weighted by Crippen LogP contribution is -2.42. The van der Waals surface area contributed by atoms with Crippen LogP contribution in [0.25, 0.3) is 0 Å². The number of halogens is 1. The molecule has 2 aromatic rings. The Balaban J connectivity index is 1.72. The Morgan fingerprint density at radius 1 is 1.14 bits per heavy atom. The molecular formula is C22H19FN2O4. The van der Waals surface area contributed by atoms with E-state index in [0.717, 1.165) is 0 Å². The summed E-state index contributed by atoms with van der Waals surface area (Å²) in [6.07, 6.45) is 0. The number of aromatic hydroxyl groups is 1. The maximum absolute atomic E-state index is 15.1. The van der Waals surface area contributed by atoms with Crippen molar-refractivity contribution in [2.45, 2.75) is 12.5 Å². The fourth-order valence-corrected chi connectivity index (χ4v) is 3.85. The first kappa shape index (κ1) is 18.0. The number of benzene rings is 2. The molecule has 1 saturated heterocycles. The van der Waals surface area contributed by atoms with Gasteiger partial charge in [0.05, 0.1) is 25.2 Å². The molecule has 148 valence electrons. The molecule has 3 aliphatic heterocycles. The maximum atomic E-state index is 15.1. The highest BCUT2D eigenvalue weighted by molar-refractivity contribution is 5.84. The van der Waals surface area contributed by atoms with Gasteiger partial charge in [-0.1, -0.05) is 11.8 Å². The highest BCUT2D eigenvalue weighted by atomic mass is 19.1. The van der Waals surface area contributed by atoms with Gasteiger partial charge in [0.2, 0.25) is 0 Å². The lowest BCUT2D eigenvalue weighted by Gasteiger charge is -2.39. The largest absolute Gasteiger partial charge is 0.508 e. The summed E-state index contributed by atoms with van der Waals surface area (Å²) in [5.74, 6) is 6.46. The molecule has 7 heteroatoms. The lowest BCUT2D eigenvalue weighted by atomic mass is 9.79. The van der Waals surface area contributed by atoms with Gasteiger partial charge in [0.1, 0.15) is 29.5 Å². The predicted octanol–water partition coefficient (Wildman–Crippen LogP) is 2.66. The number of nitrogens with zero attached hydrogens (tertiary/aromatic N) is 1. The third kappa shape index (κ3) is 2.84. The van der Waals surface area contributed by atoms with Crippen LogP contribution in [0.15, 0.2) is 35.3 Å². The highest BCUT2D eigenvalue weighted by Crippen LogP contribution is 2.52. The van der Waals surface area contributed by atoms with E-state index in [2.05, 4.69) is 16.8 Å². The molecule has 0 amide bonds. The van der Waals surface area contributed by atoms with E-state index in [-0.39, 0.29) is 36.0 Å². The van der Waals surface area contributed by atoms with Crippen molar-refractivity contribution in [2.75, 3.05) is 26.4 Å². The normalized spacial score (nSPS) is 23.6. The van der Waals surface area contributed by atoms with Gasteiger partial charge in [0.15, 0.2) is 11.6 Å². The maximum Gasteiger partial charge on any atom is 0.169 e. The van der Waals surface area contributed by atoms with Gasteiger partial charge in [-0.25, -0.2) is 4.39 Å². The van der Waals surface area contributed by atoms with Crippen molar-refractivity contribution in [1.29, 1.82) is 0 Å². The second kappa shape index (κ2) is 6.21. The predicted molar refractivity (Wildman–Crippen MR) is 104 cm³/mol. The van der Waals surface area contributed by atoms with E-state index in [9.17, 15) is 5.11 Å². The monoisotopic (exact) mass is 394 g/mol. The molecule has 0 aromatic heterocycles. The van der Waals surface area contributed by atoms with Crippen LogP contribution in [0, 0.1) is 23.1 Å². The number of ether oxygens (including phenoxy) is 3. The van der Waals surface area contributed by atoms with Gasteiger partial charge >= 0.3 is 0 Å². The zero-order valence-corrected chi connectivity index (χ0v) is 15.8. The standard InChI is InChI=1S/C22H19FN2O4/c1-21(10-28-11-21)5-4-13-6-16-20(17(23)7-13)29-18-3-2-14(26)8-15(18)22(16)12-27-9-19(24)25-22/h2-3,6-8,26H,9-12H2,1H3,(H2,24,25)/t22-/m0/s1. The fourth-order valence-electron chi connectivity index (χ4n) is 3.85. The highest BCUT2D eigenvalue weighted by Gasteiger charge is 2.46. The minimum atomic E-state index is -1.12. The Hall–Kier alpha value is -3.08. The van der Waals surface area contributed by atoms with E-state index in [0.29, 0.717) is 35.7 Å². The first-order valence-electron chi connectivity index (χ1n) is 9.27. The van der Waals surface area contributed by atoms with E-state index in [1.807, 2.05) is 6.92 Å². The average molecular weight is 394 g/mol. The van der Waals surface area contributed by atoms with Gasteiger partial charge in [-0.05, 0) is 37.3 Å². The molecule has 6 nitrogen and oxygen atoms in total. The van der Waals surface area contributed by atoms with E-state index in [1.54, 1.807) is 18.2 Å². The third-order valence-corrected chi connectivity index (χ3v) is 5.36. The van der Waals surface area contributed by atoms with Crippen LogP contribution in [0.5, 0.6) is 17.2 Å². The van der Waals surface area contributed by atoms with Crippen LogP contribution in [-0.2, 0) is 15.0 Å². The summed E-state index contributed by atoms with van der Waals surface area (Å²) in [5, 5.41) is 10.0. The molecule has 3 N–H and O–H groups in total. The molecule has 3 heterocycles. The Morgan fingerprint density at radius 2 is 1.97 bits per heavy atom. The number of aliphatic imine (C=N–C) groups is 1. The van der Waals surface area contributed by atoms with Crippen molar-refractivity contribution < 1.29 is 23.7 Å². The van der Waals surface area contributed by atoms with Gasteiger partial charge in [-0.2, -0.15) is 0 Å². The van der Waals surface area contributed by atoms with Crippen molar-refractivity contribution in [2.24, 2.45) is 16.1 Å². The summed E-state index contributed by atoms with van der Waals surface area (Å²) in [7, 11) is 0. The van der Waals surface area contributed by atoms with Crippen LogP contribution in [0.3, 0.4) is 0 Å². The van der Waals surface area contributed by atoms with E-state index in [1.165, 1.54) is 12.1 Å². The lowest BCUT2D eigenvalue weighted by molar-refractivity contribution is -0.0648. The van der Waals surface area contributed by atoms with Gasteiger partial charge in [0.25, 0.3) is 0 Å². The molecule has 0 bridgehead atoms. The number of fused-ring (bicyclic) bond motifs is 4. The summed E-state index contributed by atoms with van der Waals surface area (Å²) < 4.78 is 31.8. The molecule has 1 spiro atoms. The summed E-state index contributed by atoms with van der Waals surface area (Å²) >= 11 is 0. The van der Waals surface area contributed by atoms with Crippen LogP contribution < -0.4 is 10.5 Å². The van der Waals surface area contributed by atoms with Gasteiger partial charge in [-0.15, -0.1) is 0 Å². The van der Waals surface area contributed by atoms with Crippen molar-refractivity contribution in [3.05, 3.63) is 52.8 Å². The van der Waals surface area contributed by atoms with Crippen molar-refractivity contribution in [1.82, 2.24) is 0 Å². The second-order valence-corrected chi connectivity index (χ2v) is 7.88. The topological polar surface area (TPSA) is 86.3 Å². The fraction of sp³-hybridized carbons (Fsp3) is 0.318. The minimum Gasteiger partial charge on any atom is -0.508 e. The number of amidine groups is 1. The Labute approximate surface area is 167 Å². The van der Waals surface area contributed by atoms with Crippen molar-refractivity contribution >= 4 is 5.84 Å². The number of phenols is 1. The zero-order valence-electron chi connectivity index (χ0n) is 15.8. The molecule has 0 aliphatic carbocycles. The summed E-state index contributed by atoms with van der Waals surface area (Å²) in [6.45, 7) is 3.44. The van der Waals surface area contributed by atoms with Crippen molar-refractivity contribution in [3.63, 3.8) is 0 Å². The van der Waals surface area contributed by atoms with E-state index in [4.69, 9.17) is 19.9 Å². The Kier molecular flexibility index (Phi) is 3.85. The molecule has 1 atom stereocenters. The van der Waals surface area contributed by atoms with E-state index >= 15 is 4.39 Å². The summed E-state index contributed by atoms with van der Waals surface area (Å²) in [5.41, 5.74) is 6.19. The van der Waals surface area contributed by atoms with Gasteiger partial charge < -0.3 is 25.1 Å². The minimum absolute atomic E-state index is 0.0452. The smallest absolute Gasteiger partial charge is 0.169 e. The quantitative estimate of drug-likeness (QED) is 0.671. The second-order valence-electron chi connectivity index (χ2n) is 7.88. The molecule has 3 aliphatic rings. The van der Waals surface area contributed by atoms with Gasteiger partial charge in [-0.3, -0.25) is 4.99 Å². The molecule has 1 fully saturated rings. The Morgan fingerprint density at radius 3 is 2.69 bits per heavy atom. The van der Waals surface area contributed by atoms with Crippen LogP contribution in [-0.4, -0.2) is 37.4 Å². The number of nitrogens with two attached hydrogens (primary N) is 1. The van der Waals surface area contributed by atoms with Crippen LogP contribution in [0.1, 0.15) is 23.6 Å². The third-order valence-electron chi connectivity index (χ3n) is 5.36. The molecular weight excluding hydrogens is 375 g/mol. The zero-order chi connectivity index (χ0) is 20.2. The molecule has 0 saturated carbocycles. The molecule has 2 aromatic carbocycles. The summed E-state index contributed by atoms with van der Waals surface area (Å²) in [6, 6.07) is 7.72. The molecule has 0 unspecified atom stereocenters. The van der Waals surface area contributed by atoms with E-state index < -0.39 is 11.4 Å². The molecule has 29 heavy (non-hydrogen) atoms. The molecule has 5 rings (SSSR count). The first-order chi connectivity index (χ1) is 13.9. The van der Waals surface area contributed by atoms with Crippen LogP contribution in [0.4, 0.5) is 4.39 Å². The van der Waals surface area contributed by atoms with Crippen LogP contribution >= 0.6 is 0 Å². The Bertz CT molecular complexity index is 1110.